The summed E-state index contributed by atoms with van der Waals surface area (Å²) >= 11 is 0. The van der Waals surface area contributed by atoms with Crippen LogP contribution in [0.5, 0.6) is 0 Å². The molecule has 0 aromatic carbocycles. The van der Waals surface area contributed by atoms with E-state index in [1.807, 2.05) is 39.4 Å². The van der Waals surface area contributed by atoms with Crippen molar-refractivity contribution in [2.45, 2.75) is 65.5 Å². The van der Waals surface area contributed by atoms with Crippen LogP contribution in [0.1, 0.15) is 50.1 Å². The van der Waals surface area contributed by atoms with E-state index in [1.54, 1.807) is 0 Å². The molecule has 2 amide bonds. The molecule has 1 aromatic heterocycles. The molecule has 2 rings (SSSR count). The van der Waals surface area contributed by atoms with Crippen molar-refractivity contribution < 1.29 is 9.90 Å². The standard InChI is InChI=1S/C17H30N4O2/c1-11(9-14-12(2)20-21(5)13(14)3)18-16(23)19-15-7-6-8-17(15,4)10-22/h11,15,22H,6-10H2,1-5H3,(H2,18,19,23). The zero-order chi connectivity index (χ0) is 17.2. The van der Waals surface area contributed by atoms with Crippen LogP contribution in [0.25, 0.3) is 0 Å². The predicted molar refractivity (Wildman–Crippen MR) is 90.3 cm³/mol. The van der Waals surface area contributed by atoms with Crippen molar-refractivity contribution in [1.82, 2.24) is 20.4 Å². The first-order valence-electron chi connectivity index (χ1n) is 8.44. The Hall–Kier alpha value is -1.56. The summed E-state index contributed by atoms with van der Waals surface area (Å²) in [5.41, 5.74) is 3.15. The van der Waals surface area contributed by atoms with Crippen molar-refractivity contribution in [3.63, 3.8) is 0 Å². The summed E-state index contributed by atoms with van der Waals surface area (Å²) in [5.74, 6) is 0. The van der Waals surface area contributed by atoms with Gasteiger partial charge in [0, 0.05) is 30.2 Å². The molecule has 0 spiro atoms. The lowest BCUT2D eigenvalue weighted by molar-refractivity contribution is 0.121. The number of aryl methyl sites for hydroxylation is 2. The van der Waals surface area contributed by atoms with Gasteiger partial charge in [0.25, 0.3) is 0 Å². The third kappa shape index (κ3) is 3.86. The molecule has 1 saturated carbocycles. The number of urea groups is 1. The Labute approximate surface area is 138 Å². The highest BCUT2D eigenvalue weighted by molar-refractivity contribution is 5.74. The smallest absolute Gasteiger partial charge is 0.315 e. The number of carbonyl (C=O) groups is 1. The van der Waals surface area contributed by atoms with E-state index in [0.29, 0.717) is 0 Å². The highest BCUT2D eigenvalue weighted by atomic mass is 16.3. The molecule has 3 unspecified atom stereocenters. The maximum atomic E-state index is 12.3. The van der Waals surface area contributed by atoms with E-state index < -0.39 is 0 Å². The Morgan fingerprint density at radius 2 is 2.22 bits per heavy atom. The number of nitrogens with zero attached hydrogens (tertiary/aromatic N) is 2. The fourth-order valence-electron chi connectivity index (χ4n) is 3.56. The van der Waals surface area contributed by atoms with Crippen molar-refractivity contribution in [3.05, 3.63) is 17.0 Å². The van der Waals surface area contributed by atoms with Crippen molar-refractivity contribution in [2.24, 2.45) is 12.5 Å². The van der Waals surface area contributed by atoms with Gasteiger partial charge in [0.05, 0.1) is 12.3 Å². The fourth-order valence-corrected chi connectivity index (χ4v) is 3.56. The van der Waals surface area contributed by atoms with Crippen molar-refractivity contribution in [1.29, 1.82) is 0 Å². The molecule has 0 radical (unpaired) electrons. The summed E-state index contributed by atoms with van der Waals surface area (Å²) in [5, 5.41) is 20.0. The Kier molecular flexibility index (Phi) is 5.34. The monoisotopic (exact) mass is 322 g/mol. The molecule has 1 fully saturated rings. The van der Waals surface area contributed by atoms with Gasteiger partial charge < -0.3 is 15.7 Å². The van der Waals surface area contributed by atoms with Crippen molar-refractivity contribution in [2.75, 3.05) is 6.61 Å². The van der Waals surface area contributed by atoms with Crippen LogP contribution in [0, 0.1) is 19.3 Å². The molecule has 3 atom stereocenters. The van der Waals surface area contributed by atoms with Crippen LogP contribution < -0.4 is 10.6 Å². The largest absolute Gasteiger partial charge is 0.396 e. The summed E-state index contributed by atoms with van der Waals surface area (Å²) in [7, 11) is 1.94. The third-order valence-corrected chi connectivity index (χ3v) is 5.30. The van der Waals surface area contributed by atoms with Crippen molar-refractivity contribution in [3.8, 4) is 0 Å². The average molecular weight is 322 g/mol. The molecule has 1 aliphatic rings. The van der Waals surface area contributed by atoms with Crippen LogP contribution >= 0.6 is 0 Å². The minimum atomic E-state index is -0.197. The molecule has 6 nitrogen and oxygen atoms in total. The Balaban J connectivity index is 1.90. The zero-order valence-electron chi connectivity index (χ0n) is 14.9. The first-order valence-corrected chi connectivity index (χ1v) is 8.44. The van der Waals surface area contributed by atoms with Crippen LogP contribution in [0.3, 0.4) is 0 Å². The summed E-state index contributed by atoms with van der Waals surface area (Å²) in [6.45, 7) is 8.21. The Morgan fingerprint density at radius 1 is 1.52 bits per heavy atom. The lowest BCUT2D eigenvalue weighted by atomic mass is 9.86. The molecule has 1 heterocycles. The van der Waals surface area contributed by atoms with Gasteiger partial charge in [-0.15, -0.1) is 0 Å². The third-order valence-electron chi connectivity index (χ3n) is 5.30. The quantitative estimate of drug-likeness (QED) is 0.773. The van der Waals surface area contributed by atoms with Crippen molar-refractivity contribution >= 4 is 6.03 Å². The van der Waals surface area contributed by atoms with E-state index in [2.05, 4.69) is 15.7 Å². The Morgan fingerprint density at radius 3 is 2.78 bits per heavy atom. The summed E-state index contributed by atoms with van der Waals surface area (Å²) in [4.78, 5) is 12.3. The molecule has 23 heavy (non-hydrogen) atoms. The van der Waals surface area contributed by atoms with Crippen LogP contribution in [0.2, 0.25) is 0 Å². The normalized spacial score (nSPS) is 25.4. The first-order chi connectivity index (χ1) is 10.8. The van der Waals surface area contributed by atoms with Crippen LogP contribution in [-0.4, -0.2) is 39.6 Å². The number of hydrogen-bond donors (Lipinski definition) is 3. The number of aromatic nitrogens is 2. The van der Waals surface area contributed by atoms with E-state index in [1.165, 1.54) is 5.56 Å². The van der Waals surface area contributed by atoms with Gasteiger partial charge in [-0.05, 0) is 45.6 Å². The first kappa shape index (κ1) is 17.8. The van der Waals surface area contributed by atoms with Gasteiger partial charge in [-0.2, -0.15) is 5.10 Å². The molecule has 1 aliphatic carbocycles. The number of hydrogen-bond acceptors (Lipinski definition) is 3. The lowest BCUT2D eigenvalue weighted by Gasteiger charge is -2.30. The number of carbonyl (C=O) groups excluding carboxylic acids is 1. The minimum Gasteiger partial charge on any atom is -0.396 e. The number of nitrogens with one attached hydrogen (secondary N) is 2. The van der Waals surface area contributed by atoms with Gasteiger partial charge in [-0.25, -0.2) is 4.79 Å². The maximum Gasteiger partial charge on any atom is 0.315 e. The average Bonchev–Trinajstić information content (AvgIpc) is 2.95. The van der Waals surface area contributed by atoms with E-state index >= 15 is 0 Å². The van der Waals surface area contributed by atoms with Crippen LogP contribution in [0.4, 0.5) is 4.79 Å². The lowest BCUT2D eigenvalue weighted by Crippen LogP contribution is -2.50. The van der Waals surface area contributed by atoms with Gasteiger partial charge in [0.2, 0.25) is 0 Å². The number of aliphatic hydroxyl groups is 1. The molecule has 3 N–H and O–H groups in total. The summed E-state index contributed by atoms with van der Waals surface area (Å²) < 4.78 is 1.88. The fraction of sp³-hybridized carbons (Fsp3) is 0.765. The highest BCUT2D eigenvalue weighted by Crippen LogP contribution is 2.37. The minimum absolute atomic E-state index is 0.0263. The summed E-state index contributed by atoms with van der Waals surface area (Å²) in [6, 6.07) is -0.0804. The van der Waals surface area contributed by atoms with Gasteiger partial charge in [-0.1, -0.05) is 13.3 Å². The number of rotatable bonds is 5. The van der Waals surface area contributed by atoms with E-state index in [-0.39, 0.29) is 30.1 Å². The van der Waals surface area contributed by atoms with Crippen LogP contribution in [-0.2, 0) is 13.5 Å². The summed E-state index contributed by atoms with van der Waals surface area (Å²) in [6.07, 6.45) is 3.70. The zero-order valence-corrected chi connectivity index (χ0v) is 14.9. The number of aliphatic hydroxyl groups excluding tert-OH is 1. The van der Waals surface area contributed by atoms with E-state index in [0.717, 1.165) is 37.1 Å². The number of amides is 2. The molecular formula is C17H30N4O2. The Bertz CT molecular complexity index is 569. The van der Waals surface area contributed by atoms with Gasteiger partial charge in [-0.3, -0.25) is 4.68 Å². The van der Waals surface area contributed by atoms with Gasteiger partial charge in [0.1, 0.15) is 0 Å². The van der Waals surface area contributed by atoms with Gasteiger partial charge in [0.15, 0.2) is 0 Å². The second kappa shape index (κ2) is 6.91. The molecule has 1 aromatic rings. The topological polar surface area (TPSA) is 79.2 Å². The van der Waals surface area contributed by atoms with E-state index in [4.69, 9.17) is 0 Å². The van der Waals surface area contributed by atoms with E-state index in [9.17, 15) is 9.90 Å². The predicted octanol–water partition coefficient (Wildman–Crippen LogP) is 1.82. The van der Waals surface area contributed by atoms with Crippen LogP contribution in [0.15, 0.2) is 0 Å². The molecule has 6 heteroatoms. The SMILES string of the molecule is Cc1nn(C)c(C)c1CC(C)NC(=O)NC1CCCC1(C)CO. The van der Waals surface area contributed by atoms with Gasteiger partial charge >= 0.3 is 6.03 Å². The highest BCUT2D eigenvalue weighted by Gasteiger charge is 2.39. The molecule has 0 saturated heterocycles. The maximum absolute atomic E-state index is 12.3. The molecule has 0 bridgehead atoms. The second-order valence-corrected chi connectivity index (χ2v) is 7.25. The molecule has 130 valence electrons. The molecule has 0 aliphatic heterocycles. The molecular weight excluding hydrogens is 292 g/mol. The second-order valence-electron chi connectivity index (χ2n) is 7.25.